The zero-order chi connectivity index (χ0) is 10.3. The van der Waals surface area contributed by atoms with E-state index in [0.717, 1.165) is 0 Å². The van der Waals surface area contributed by atoms with Crippen molar-refractivity contribution in [2.24, 2.45) is 5.92 Å². The Hall–Kier alpha value is -1.42. The SMILES string of the molecule is O=C(O)C1Cc2cc(F)ccc2C1O. The first kappa shape index (κ1) is 9.15. The van der Waals surface area contributed by atoms with Gasteiger partial charge < -0.3 is 10.2 Å². The van der Waals surface area contributed by atoms with Crippen LogP contribution in [-0.2, 0) is 11.2 Å². The first-order chi connectivity index (χ1) is 6.59. The van der Waals surface area contributed by atoms with E-state index in [1.807, 2.05) is 0 Å². The zero-order valence-corrected chi connectivity index (χ0v) is 7.27. The van der Waals surface area contributed by atoms with Crippen molar-refractivity contribution in [1.82, 2.24) is 0 Å². The number of aliphatic hydroxyl groups excluding tert-OH is 1. The number of halogens is 1. The summed E-state index contributed by atoms with van der Waals surface area (Å²) < 4.78 is 12.8. The van der Waals surface area contributed by atoms with Gasteiger partial charge >= 0.3 is 5.97 Å². The Morgan fingerprint density at radius 3 is 2.86 bits per heavy atom. The third-order valence-electron chi connectivity index (χ3n) is 2.56. The molecule has 0 amide bonds. The number of carboxylic acid groups (broad SMARTS) is 1. The van der Waals surface area contributed by atoms with E-state index in [0.29, 0.717) is 11.1 Å². The summed E-state index contributed by atoms with van der Waals surface area (Å²) in [6.07, 6.45) is -0.813. The molecule has 0 spiro atoms. The van der Waals surface area contributed by atoms with Gasteiger partial charge in [0.05, 0.1) is 12.0 Å². The highest BCUT2D eigenvalue weighted by Crippen LogP contribution is 2.36. The van der Waals surface area contributed by atoms with Gasteiger partial charge in [-0.25, -0.2) is 4.39 Å². The van der Waals surface area contributed by atoms with Gasteiger partial charge in [-0.15, -0.1) is 0 Å². The van der Waals surface area contributed by atoms with Crippen LogP contribution >= 0.6 is 0 Å². The minimum absolute atomic E-state index is 0.198. The van der Waals surface area contributed by atoms with Gasteiger partial charge in [-0.2, -0.15) is 0 Å². The Morgan fingerprint density at radius 1 is 1.50 bits per heavy atom. The van der Waals surface area contributed by atoms with E-state index in [-0.39, 0.29) is 6.42 Å². The smallest absolute Gasteiger partial charge is 0.309 e. The van der Waals surface area contributed by atoms with E-state index in [1.165, 1.54) is 18.2 Å². The average Bonchev–Trinajstić information content (AvgIpc) is 2.43. The van der Waals surface area contributed by atoms with E-state index in [4.69, 9.17) is 5.11 Å². The first-order valence-electron chi connectivity index (χ1n) is 4.29. The molecule has 4 heteroatoms. The van der Waals surface area contributed by atoms with Crippen LogP contribution in [0.5, 0.6) is 0 Å². The Balaban J connectivity index is 2.40. The third kappa shape index (κ3) is 1.28. The normalized spacial score (nSPS) is 24.7. The molecule has 1 aromatic rings. The fraction of sp³-hybridized carbons (Fsp3) is 0.300. The predicted molar refractivity (Wildman–Crippen MR) is 46.2 cm³/mol. The summed E-state index contributed by atoms with van der Waals surface area (Å²) in [4.78, 5) is 10.7. The Morgan fingerprint density at radius 2 is 2.21 bits per heavy atom. The molecular formula is C10H9FO3. The maximum atomic E-state index is 12.8. The fourth-order valence-electron chi connectivity index (χ4n) is 1.83. The van der Waals surface area contributed by atoms with Gasteiger partial charge in [0.1, 0.15) is 5.82 Å². The molecule has 1 aliphatic carbocycles. The van der Waals surface area contributed by atoms with Gasteiger partial charge in [-0.3, -0.25) is 4.79 Å². The molecule has 2 rings (SSSR count). The summed E-state index contributed by atoms with van der Waals surface area (Å²) in [5.41, 5.74) is 1.11. The molecule has 2 atom stereocenters. The summed E-state index contributed by atoms with van der Waals surface area (Å²) in [5, 5.41) is 18.4. The highest BCUT2D eigenvalue weighted by Gasteiger charge is 2.35. The topological polar surface area (TPSA) is 57.5 Å². The van der Waals surface area contributed by atoms with Gasteiger partial charge in [0, 0.05) is 0 Å². The number of benzene rings is 1. The second kappa shape index (κ2) is 3.06. The molecule has 0 aromatic heterocycles. The number of hydrogen-bond donors (Lipinski definition) is 2. The van der Waals surface area contributed by atoms with E-state index in [2.05, 4.69) is 0 Å². The van der Waals surface area contributed by atoms with Crippen molar-refractivity contribution in [2.75, 3.05) is 0 Å². The standard InChI is InChI=1S/C10H9FO3/c11-6-1-2-7-5(3-6)4-8(9(7)12)10(13)14/h1-3,8-9,12H,4H2,(H,13,14). The first-order valence-corrected chi connectivity index (χ1v) is 4.29. The zero-order valence-electron chi connectivity index (χ0n) is 7.27. The number of hydrogen-bond acceptors (Lipinski definition) is 2. The van der Waals surface area contributed by atoms with Crippen LogP contribution in [0.1, 0.15) is 17.2 Å². The molecule has 0 fully saturated rings. The van der Waals surface area contributed by atoms with Crippen molar-refractivity contribution < 1.29 is 19.4 Å². The van der Waals surface area contributed by atoms with Crippen molar-refractivity contribution in [3.05, 3.63) is 35.1 Å². The number of fused-ring (bicyclic) bond motifs is 1. The van der Waals surface area contributed by atoms with E-state index >= 15 is 0 Å². The van der Waals surface area contributed by atoms with Gasteiger partial charge in [-0.05, 0) is 29.7 Å². The van der Waals surface area contributed by atoms with Crippen LogP contribution in [0.2, 0.25) is 0 Å². The molecular weight excluding hydrogens is 187 g/mol. The molecule has 0 heterocycles. The van der Waals surface area contributed by atoms with Crippen molar-refractivity contribution in [3.63, 3.8) is 0 Å². The molecule has 74 valence electrons. The lowest BCUT2D eigenvalue weighted by atomic mass is 10.0. The summed E-state index contributed by atoms with van der Waals surface area (Å²) in [6, 6.07) is 3.95. The van der Waals surface area contributed by atoms with Crippen molar-refractivity contribution in [3.8, 4) is 0 Å². The van der Waals surface area contributed by atoms with Gasteiger partial charge in [0.25, 0.3) is 0 Å². The Bertz CT molecular complexity index is 389. The molecule has 2 N–H and O–H groups in total. The molecule has 0 aliphatic heterocycles. The molecule has 3 nitrogen and oxygen atoms in total. The second-order valence-corrected chi connectivity index (χ2v) is 3.44. The summed E-state index contributed by atoms with van der Waals surface area (Å²) >= 11 is 0. The molecule has 0 bridgehead atoms. The van der Waals surface area contributed by atoms with Crippen molar-refractivity contribution >= 4 is 5.97 Å². The van der Waals surface area contributed by atoms with Gasteiger partial charge in [0.2, 0.25) is 0 Å². The molecule has 14 heavy (non-hydrogen) atoms. The van der Waals surface area contributed by atoms with Crippen LogP contribution in [0.25, 0.3) is 0 Å². The average molecular weight is 196 g/mol. The lowest BCUT2D eigenvalue weighted by Gasteiger charge is -2.08. The number of carbonyl (C=O) groups is 1. The fourth-order valence-corrected chi connectivity index (χ4v) is 1.83. The molecule has 1 aromatic carbocycles. The minimum atomic E-state index is -1.05. The Labute approximate surface area is 79.8 Å². The van der Waals surface area contributed by atoms with Crippen LogP contribution in [0.3, 0.4) is 0 Å². The molecule has 2 unspecified atom stereocenters. The van der Waals surface area contributed by atoms with E-state index < -0.39 is 23.8 Å². The summed E-state index contributed by atoms with van der Waals surface area (Å²) in [5.74, 6) is -2.29. The predicted octanol–water partition coefficient (Wildman–Crippen LogP) is 1.12. The Kier molecular flexibility index (Phi) is 2.00. The third-order valence-corrected chi connectivity index (χ3v) is 2.56. The van der Waals surface area contributed by atoms with E-state index in [9.17, 15) is 14.3 Å². The molecule has 0 saturated carbocycles. The highest BCUT2D eigenvalue weighted by molar-refractivity contribution is 5.73. The lowest BCUT2D eigenvalue weighted by molar-refractivity contribution is -0.145. The number of carboxylic acids is 1. The largest absolute Gasteiger partial charge is 0.481 e. The maximum Gasteiger partial charge on any atom is 0.309 e. The van der Waals surface area contributed by atoms with Gasteiger partial charge in [0.15, 0.2) is 0 Å². The van der Waals surface area contributed by atoms with Gasteiger partial charge in [-0.1, -0.05) is 6.07 Å². The van der Waals surface area contributed by atoms with Crippen molar-refractivity contribution in [2.45, 2.75) is 12.5 Å². The maximum absolute atomic E-state index is 12.8. The molecule has 0 radical (unpaired) electrons. The number of aliphatic hydroxyl groups is 1. The lowest BCUT2D eigenvalue weighted by Crippen LogP contribution is -2.17. The van der Waals surface area contributed by atoms with Crippen LogP contribution in [-0.4, -0.2) is 16.2 Å². The number of rotatable bonds is 1. The monoisotopic (exact) mass is 196 g/mol. The highest BCUT2D eigenvalue weighted by atomic mass is 19.1. The van der Waals surface area contributed by atoms with Crippen LogP contribution in [0.4, 0.5) is 4.39 Å². The summed E-state index contributed by atoms with van der Waals surface area (Å²) in [7, 11) is 0. The summed E-state index contributed by atoms with van der Waals surface area (Å²) in [6.45, 7) is 0. The van der Waals surface area contributed by atoms with E-state index in [1.54, 1.807) is 0 Å². The van der Waals surface area contributed by atoms with Crippen molar-refractivity contribution in [1.29, 1.82) is 0 Å². The van der Waals surface area contributed by atoms with Crippen LogP contribution in [0, 0.1) is 11.7 Å². The quantitative estimate of drug-likeness (QED) is 0.707. The molecule has 1 aliphatic rings. The van der Waals surface area contributed by atoms with Crippen LogP contribution < -0.4 is 0 Å². The number of aliphatic carboxylic acids is 1. The molecule has 0 saturated heterocycles. The van der Waals surface area contributed by atoms with Crippen LogP contribution in [0.15, 0.2) is 18.2 Å². The minimum Gasteiger partial charge on any atom is -0.481 e. The second-order valence-electron chi connectivity index (χ2n) is 3.44.